The van der Waals surface area contributed by atoms with Crippen molar-refractivity contribution in [1.82, 2.24) is 0 Å². The van der Waals surface area contributed by atoms with Crippen molar-refractivity contribution in [3.63, 3.8) is 0 Å². The standard InChI is InChI=1S/C25H20ClNO4/c1-14-6-7-15(2)20(12-14)27-22(16-8-10-19(28)11-9-16)21(24(30)25(27)31)23(29)17-4-3-5-18(26)13-17/h3-13,22,28-29H,1-2H3/b23-21+. The Hall–Kier alpha value is -3.57. The minimum atomic E-state index is -0.861. The molecule has 0 radical (unpaired) electrons. The van der Waals surface area contributed by atoms with E-state index >= 15 is 0 Å². The van der Waals surface area contributed by atoms with Crippen molar-refractivity contribution in [3.8, 4) is 5.75 Å². The number of benzene rings is 3. The molecule has 1 atom stereocenters. The smallest absolute Gasteiger partial charge is 0.300 e. The zero-order chi connectivity index (χ0) is 22.3. The maximum absolute atomic E-state index is 13.2. The second-order valence-corrected chi connectivity index (χ2v) is 8.00. The predicted octanol–water partition coefficient (Wildman–Crippen LogP) is 5.29. The number of Topliss-reactive ketones (excluding diaryl/α,β-unsaturated/α-hetero) is 1. The quantitative estimate of drug-likeness (QED) is 0.334. The molecule has 1 saturated heterocycles. The average molecular weight is 434 g/mol. The fourth-order valence-corrected chi connectivity index (χ4v) is 4.01. The molecule has 0 bridgehead atoms. The van der Waals surface area contributed by atoms with Gasteiger partial charge in [0.15, 0.2) is 0 Å². The molecule has 3 aromatic rings. The van der Waals surface area contributed by atoms with Gasteiger partial charge in [-0.1, -0.05) is 48.0 Å². The molecular weight excluding hydrogens is 414 g/mol. The lowest BCUT2D eigenvalue weighted by molar-refractivity contribution is -0.132. The van der Waals surface area contributed by atoms with Crippen LogP contribution in [0.2, 0.25) is 5.02 Å². The van der Waals surface area contributed by atoms with Crippen molar-refractivity contribution < 1.29 is 19.8 Å². The van der Waals surface area contributed by atoms with Crippen LogP contribution in [0.5, 0.6) is 5.75 Å². The molecule has 0 spiro atoms. The van der Waals surface area contributed by atoms with E-state index in [9.17, 15) is 19.8 Å². The zero-order valence-corrected chi connectivity index (χ0v) is 17.7. The van der Waals surface area contributed by atoms with E-state index in [-0.39, 0.29) is 17.1 Å². The number of phenolic OH excluding ortho intramolecular Hbond substituents is 1. The largest absolute Gasteiger partial charge is 0.508 e. The molecule has 0 aromatic heterocycles. The average Bonchev–Trinajstić information content (AvgIpc) is 3.00. The third kappa shape index (κ3) is 3.68. The lowest BCUT2D eigenvalue weighted by Gasteiger charge is -2.27. The number of anilines is 1. The molecule has 1 aliphatic rings. The van der Waals surface area contributed by atoms with Crippen molar-refractivity contribution in [3.05, 3.63) is 99.6 Å². The molecule has 31 heavy (non-hydrogen) atoms. The highest BCUT2D eigenvalue weighted by Crippen LogP contribution is 2.43. The molecule has 6 heteroatoms. The molecule has 0 saturated carbocycles. The molecule has 2 N–H and O–H groups in total. The molecule has 1 heterocycles. The minimum Gasteiger partial charge on any atom is -0.508 e. The number of carbonyl (C=O) groups excluding carboxylic acids is 2. The third-order valence-corrected chi connectivity index (χ3v) is 5.61. The zero-order valence-electron chi connectivity index (χ0n) is 17.0. The summed E-state index contributed by atoms with van der Waals surface area (Å²) in [5.41, 5.74) is 3.24. The number of nitrogens with zero attached hydrogens (tertiary/aromatic N) is 1. The van der Waals surface area contributed by atoms with Crippen LogP contribution in [-0.4, -0.2) is 21.9 Å². The van der Waals surface area contributed by atoms with Crippen molar-refractivity contribution >= 4 is 34.7 Å². The Balaban J connectivity index is 1.99. The van der Waals surface area contributed by atoms with E-state index in [4.69, 9.17) is 11.6 Å². The molecule has 1 fully saturated rings. The summed E-state index contributed by atoms with van der Waals surface area (Å²) >= 11 is 6.07. The van der Waals surface area contributed by atoms with Gasteiger partial charge in [0.05, 0.1) is 11.6 Å². The van der Waals surface area contributed by atoms with E-state index in [0.717, 1.165) is 11.1 Å². The first-order chi connectivity index (χ1) is 14.8. The Morgan fingerprint density at radius 3 is 2.35 bits per heavy atom. The van der Waals surface area contributed by atoms with Gasteiger partial charge in [0.2, 0.25) is 0 Å². The molecule has 156 valence electrons. The predicted molar refractivity (Wildman–Crippen MR) is 120 cm³/mol. The lowest BCUT2D eigenvalue weighted by atomic mass is 9.94. The monoisotopic (exact) mass is 433 g/mol. The van der Waals surface area contributed by atoms with Gasteiger partial charge >= 0.3 is 0 Å². The molecule has 4 rings (SSSR count). The number of halogens is 1. The van der Waals surface area contributed by atoms with E-state index in [1.54, 1.807) is 30.3 Å². The second kappa shape index (κ2) is 7.93. The minimum absolute atomic E-state index is 0.0288. The molecule has 1 aliphatic heterocycles. The number of carbonyl (C=O) groups is 2. The number of hydrogen-bond acceptors (Lipinski definition) is 4. The van der Waals surface area contributed by atoms with Crippen LogP contribution in [-0.2, 0) is 9.59 Å². The number of phenols is 1. The highest BCUT2D eigenvalue weighted by molar-refractivity contribution is 6.51. The molecule has 0 aliphatic carbocycles. The van der Waals surface area contributed by atoms with Gasteiger partial charge in [-0.25, -0.2) is 0 Å². The van der Waals surface area contributed by atoms with Gasteiger partial charge in [-0.05, 0) is 60.9 Å². The topological polar surface area (TPSA) is 77.8 Å². The van der Waals surface area contributed by atoms with Crippen LogP contribution in [0.1, 0.15) is 28.3 Å². The molecule has 1 amide bonds. The van der Waals surface area contributed by atoms with Gasteiger partial charge in [-0.3, -0.25) is 14.5 Å². The number of aliphatic hydroxyl groups is 1. The van der Waals surface area contributed by atoms with Gasteiger partial charge in [0, 0.05) is 16.3 Å². The summed E-state index contributed by atoms with van der Waals surface area (Å²) in [6.07, 6.45) is 0. The highest BCUT2D eigenvalue weighted by atomic mass is 35.5. The maximum atomic E-state index is 13.2. The number of aromatic hydroxyl groups is 1. The normalized spacial score (nSPS) is 17.9. The molecule has 5 nitrogen and oxygen atoms in total. The van der Waals surface area contributed by atoms with E-state index in [1.807, 2.05) is 32.0 Å². The van der Waals surface area contributed by atoms with Crippen molar-refractivity contribution in [2.45, 2.75) is 19.9 Å². The Bertz CT molecular complexity index is 1230. The Morgan fingerprint density at radius 1 is 0.968 bits per heavy atom. The number of rotatable bonds is 3. The lowest BCUT2D eigenvalue weighted by Crippen LogP contribution is -2.30. The number of ketones is 1. The van der Waals surface area contributed by atoms with Crippen LogP contribution in [0.3, 0.4) is 0 Å². The van der Waals surface area contributed by atoms with Crippen molar-refractivity contribution in [2.75, 3.05) is 4.90 Å². The number of amides is 1. The maximum Gasteiger partial charge on any atom is 0.300 e. The van der Waals surface area contributed by atoms with E-state index < -0.39 is 17.7 Å². The van der Waals surface area contributed by atoms with Crippen LogP contribution in [0.25, 0.3) is 5.76 Å². The summed E-state index contributed by atoms with van der Waals surface area (Å²) in [7, 11) is 0. The van der Waals surface area contributed by atoms with Crippen molar-refractivity contribution in [2.24, 2.45) is 0 Å². The fraction of sp³-hybridized carbons (Fsp3) is 0.120. The SMILES string of the molecule is Cc1ccc(C)c(N2C(=O)C(=O)/C(=C(/O)c3cccc(Cl)c3)C2c2ccc(O)cc2)c1. The summed E-state index contributed by atoms with van der Waals surface area (Å²) in [4.78, 5) is 27.7. The summed E-state index contributed by atoms with van der Waals surface area (Å²) in [6, 6.07) is 17.5. The van der Waals surface area contributed by atoms with E-state index in [1.165, 1.54) is 23.1 Å². The Labute approximate surface area is 184 Å². The first-order valence-corrected chi connectivity index (χ1v) is 10.1. The van der Waals surface area contributed by atoms with Crippen LogP contribution in [0, 0.1) is 13.8 Å². The van der Waals surface area contributed by atoms with Crippen LogP contribution < -0.4 is 4.90 Å². The van der Waals surface area contributed by atoms with Crippen LogP contribution in [0.15, 0.2) is 72.3 Å². The Kier molecular flexibility index (Phi) is 5.29. The van der Waals surface area contributed by atoms with E-state index in [0.29, 0.717) is 21.8 Å². The first-order valence-electron chi connectivity index (χ1n) is 9.71. The fourth-order valence-electron chi connectivity index (χ4n) is 3.82. The Morgan fingerprint density at radius 2 is 1.68 bits per heavy atom. The summed E-state index contributed by atoms with van der Waals surface area (Å²) in [6.45, 7) is 3.76. The number of hydrogen-bond donors (Lipinski definition) is 2. The summed E-state index contributed by atoms with van der Waals surface area (Å²) in [5.74, 6) is -1.75. The number of aryl methyl sites for hydroxylation is 2. The van der Waals surface area contributed by atoms with Crippen molar-refractivity contribution in [1.29, 1.82) is 0 Å². The van der Waals surface area contributed by atoms with Gasteiger partial charge < -0.3 is 10.2 Å². The molecule has 1 unspecified atom stereocenters. The first kappa shape index (κ1) is 20.7. The van der Waals surface area contributed by atoms with Gasteiger partial charge in [-0.15, -0.1) is 0 Å². The van der Waals surface area contributed by atoms with Gasteiger partial charge in [0.25, 0.3) is 11.7 Å². The van der Waals surface area contributed by atoms with Gasteiger partial charge in [-0.2, -0.15) is 0 Å². The molecule has 3 aromatic carbocycles. The summed E-state index contributed by atoms with van der Waals surface area (Å²) in [5, 5.41) is 21.2. The van der Waals surface area contributed by atoms with Crippen LogP contribution >= 0.6 is 11.6 Å². The highest BCUT2D eigenvalue weighted by Gasteiger charge is 2.47. The summed E-state index contributed by atoms with van der Waals surface area (Å²) < 4.78 is 0. The second-order valence-electron chi connectivity index (χ2n) is 7.56. The van der Waals surface area contributed by atoms with E-state index in [2.05, 4.69) is 0 Å². The van der Waals surface area contributed by atoms with Gasteiger partial charge in [0.1, 0.15) is 11.5 Å². The third-order valence-electron chi connectivity index (χ3n) is 5.38. The number of aliphatic hydroxyl groups excluding tert-OH is 1. The van der Waals surface area contributed by atoms with Crippen LogP contribution in [0.4, 0.5) is 5.69 Å². The molecular formula is C25H20ClNO4.